The van der Waals surface area contributed by atoms with Crippen molar-refractivity contribution >= 4 is 11.5 Å². The first-order valence-corrected chi connectivity index (χ1v) is 6.24. The third-order valence-corrected chi connectivity index (χ3v) is 2.94. The van der Waals surface area contributed by atoms with Gasteiger partial charge in [-0.1, -0.05) is 48.5 Å². The Morgan fingerprint density at radius 1 is 0.947 bits per heavy atom. The number of carbonyl (C=O) groups is 1. The summed E-state index contributed by atoms with van der Waals surface area (Å²) >= 11 is 0. The van der Waals surface area contributed by atoms with E-state index in [9.17, 15) is 4.79 Å². The normalized spacial score (nSPS) is 11.2. The summed E-state index contributed by atoms with van der Waals surface area (Å²) in [6.45, 7) is 1.84. The van der Waals surface area contributed by atoms with Gasteiger partial charge in [-0.25, -0.2) is 0 Å². The molecule has 0 heterocycles. The molecular weight excluding hydrogens is 234 g/mol. The number of hydrogen-bond donors (Lipinski definition) is 0. The Bertz CT molecular complexity index is 573. The Labute approximate surface area is 114 Å². The van der Waals surface area contributed by atoms with Crippen LogP contribution in [0.25, 0.3) is 0 Å². The fourth-order valence-electron chi connectivity index (χ4n) is 1.90. The van der Waals surface area contributed by atoms with Crippen LogP contribution < -0.4 is 4.90 Å². The van der Waals surface area contributed by atoms with Crippen LogP contribution in [0.15, 0.2) is 72.4 Å². The van der Waals surface area contributed by atoms with Crippen molar-refractivity contribution in [3.63, 3.8) is 0 Å². The van der Waals surface area contributed by atoms with Crippen molar-refractivity contribution < 1.29 is 4.79 Å². The van der Waals surface area contributed by atoms with Gasteiger partial charge in [-0.05, 0) is 19.1 Å². The Balaban J connectivity index is 2.18. The molecule has 2 aromatic rings. The molecule has 0 atom stereocenters. The molecule has 19 heavy (non-hydrogen) atoms. The van der Waals surface area contributed by atoms with Gasteiger partial charge in [0.1, 0.15) is 0 Å². The molecule has 0 unspecified atom stereocenters. The summed E-state index contributed by atoms with van der Waals surface area (Å²) < 4.78 is 0. The van der Waals surface area contributed by atoms with E-state index in [1.54, 1.807) is 0 Å². The zero-order valence-corrected chi connectivity index (χ0v) is 11.2. The van der Waals surface area contributed by atoms with Gasteiger partial charge in [-0.15, -0.1) is 0 Å². The highest BCUT2D eigenvalue weighted by molar-refractivity contribution is 6.08. The molecule has 2 heteroatoms. The molecule has 0 N–H and O–H groups in total. The minimum Gasteiger partial charge on any atom is -0.351 e. The van der Waals surface area contributed by atoms with E-state index in [4.69, 9.17) is 0 Å². The molecule has 2 nitrogen and oxygen atoms in total. The number of allylic oxidation sites excluding steroid dienone is 1. The van der Waals surface area contributed by atoms with Crippen molar-refractivity contribution in [3.8, 4) is 0 Å². The molecule has 0 saturated carbocycles. The number of nitrogens with zero attached hydrogens (tertiary/aromatic N) is 1. The van der Waals surface area contributed by atoms with E-state index in [-0.39, 0.29) is 5.78 Å². The Kier molecular flexibility index (Phi) is 4.14. The van der Waals surface area contributed by atoms with Crippen molar-refractivity contribution in [2.75, 3.05) is 11.9 Å². The van der Waals surface area contributed by atoms with E-state index in [1.165, 1.54) is 0 Å². The third kappa shape index (κ3) is 3.32. The standard InChI is InChI=1S/C17H17NO/c1-14(17(19)15-9-5-3-6-10-15)13-18(2)16-11-7-4-8-12-16/h3-13H,1-2H3. The van der Waals surface area contributed by atoms with Crippen molar-refractivity contribution in [3.05, 3.63) is 78.0 Å². The van der Waals surface area contributed by atoms with Gasteiger partial charge in [0, 0.05) is 30.1 Å². The van der Waals surface area contributed by atoms with Crippen LogP contribution in [-0.2, 0) is 0 Å². The first-order valence-electron chi connectivity index (χ1n) is 6.24. The molecular formula is C17H17NO. The van der Waals surface area contributed by atoms with E-state index in [1.807, 2.05) is 85.7 Å². The van der Waals surface area contributed by atoms with Crippen LogP contribution in [-0.4, -0.2) is 12.8 Å². The Hall–Kier alpha value is -2.35. The van der Waals surface area contributed by atoms with Gasteiger partial charge >= 0.3 is 0 Å². The van der Waals surface area contributed by atoms with Gasteiger partial charge in [0.15, 0.2) is 5.78 Å². The van der Waals surface area contributed by atoms with E-state index in [0.29, 0.717) is 0 Å². The van der Waals surface area contributed by atoms with Crippen LogP contribution in [0, 0.1) is 0 Å². The smallest absolute Gasteiger partial charge is 0.190 e. The topological polar surface area (TPSA) is 20.3 Å². The van der Waals surface area contributed by atoms with Crippen LogP contribution in [0.3, 0.4) is 0 Å². The number of rotatable bonds is 4. The van der Waals surface area contributed by atoms with Crippen molar-refractivity contribution in [1.29, 1.82) is 0 Å². The molecule has 0 radical (unpaired) electrons. The molecule has 0 bridgehead atoms. The van der Waals surface area contributed by atoms with Crippen molar-refractivity contribution in [2.45, 2.75) is 6.92 Å². The highest BCUT2D eigenvalue weighted by atomic mass is 16.1. The second kappa shape index (κ2) is 6.01. The molecule has 0 spiro atoms. The highest BCUT2D eigenvalue weighted by Crippen LogP contribution is 2.14. The molecule has 0 amide bonds. The average molecular weight is 251 g/mol. The molecule has 2 aromatic carbocycles. The molecule has 0 saturated heterocycles. The van der Waals surface area contributed by atoms with Crippen LogP contribution in [0.1, 0.15) is 17.3 Å². The van der Waals surface area contributed by atoms with E-state index >= 15 is 0 Å². The average Bonchev–Trinajstić information content (AvgIpc) is 2.48. The second-order valence-corrected chi connectivity index (χ2v) is 4.45. The maximum atomic E-state index is 12.2. The molecule has 2 rings (SSSR count). The predicted octanol–water partition coefficient (Wildman–Crippen LogP) is 3.91. The van der Waals surface area contributed by atoms with E-state index in [0.717, 1.165) is 16.8 Å². The summed E-state index contributed by atoms with van der Waals surface area (Å²) in [5.74, 6) is 0.0587. The maximum absolute atomic E-state index is 12.2. The van der Waals surface area contributed by atoms with Crippen molar-refractivity contribution in [2.24, 2.45) is 0 Å². The monoisotopic (exact) mass is 251 g/mol. The zero-order chi connectivity index (χ0) is 13.7. The van der Waals surface area contributed by atoms with Crippen LogP contribution in [0.5, 0.6) is 0 Å². The molecule has 0 aliphatic rings. The maximum Gasteiger partial charge on any atom is 0.190 e. The second-order valence-electron chi connectivity index (χ2n) is 4.45. The lowest BCUT2D eigenvalue weighted by Gasteiger charge is -2.15. The fraction of sp³-hybridized carbons (Fsp3) is 0.118. The molecule has 0 aliphatic heterocycles. The highest BCUT2D eigenvalue weighted by Gasteiger charge is 2.08. The summed E-state index contributed by atoms with van der Waals surface area (Å²) in [4.78, 5) is 14.2. The number of para-hydroxylation sites is 1. The first kappa shape index (κ1) is 13.1. The SMILES string of the molecule is CC(=CN(C)c1ccccc1)C(=O)c1ccccc1. The van der Waals surface area contributed by atoms with Gasteiger partial charge < -0.3 is 4.90 Å². The fourth-order valence-corrected chi connectivity index (χ4v) is 1.90. The van der Waals surface area contributed by atoms with Crippen molar-refractivity contribution in [1.82, 2.24) is 0 Å². The van der Waals surface area contributed by atoms with Crippen LogP contribution >= 0.6 is 0 Å². The Morgan fingerprint density at radius 2 is 1.47 bits per heavy atom. The molecule has 0 fully saturated rings. The van der Waals surface area contributed by atoms with Crippen LogP contribution in [0.2, 0.25) is 0 Å². The molecule has 96 valence electrons. The van der Waals surface area contributed by atoms with E-state index < -0.39 is 0 Å². The quantitative estimate of drug-likeness (QED) is 0.606. The minimum absolute atomic E-state index is 0.0587. The van der Waals surface area contributed by atoms with Gasteiger partial charge in [0.05, 0.1) is 0 Å². The lowest BCUT2D eigenvalue weighted by Crippen LogP contribution is -2.11. The largest absolute Gasteiger partial charge is 0.351 e. The summed E-state index contributed by atoms with van der Waals surface area (Å²) in [6, 6.07) is 19.3. The summed E-state index contributed by atoms with van der Waals surface area (Å²) in [6.07, 6.45) is 1.87. The third-order valence-electron chi connectivity index (χ3n) is 2.94. The predicted molar refractivity (Wildman–Crippen MR) is 79.4 cm³/mol. The lowest BCUT2D eigenvalue weighted by atomic mass is 10.1. The number of Topliss-reactive ketones (excluding diaryl/α,β-unsaturated/α-hetero) is 1. The Morgan fingerprint density at radius 3 is 2.05 bits per heavy atom. The van der Waals surface area contributed by atoms with Crippen LogP contribution in [0.4, 0.5) is 5.69 Å². The minimum atomic E-state index is 0.0587. The molecule has 0 aliphatic carbocycles. The van der Waals surface area contributed by atoms with Gasteiger partial charge in [0.25, 0.3) is 0 Å². The van der Waals surface area contributed by atoms with E-state index in [2.05, 4.69) is 0 Å². The van der Waals surface area contributed by atoms with Gasteiger partial charge in [0.2, 0.25) is 0 Å². The lowest BCUT2D eigenvalue weighted by molar-refractivity contribution is 0.103. The number of hydrogen-bond acceptors (Lipinski definition) is 2. The number of anilines is 1. The van der Waals surface area contributed by atoms with Gasteiger partial charge in [-0.3, -0.25) is 4.79 Å². The number of ketones is 1. The first-order chi connectivity index (χ1) is 9.18. The number of benzene rings is 2. The van der Waals surface area contributed by atoms with Gasteiger partial charge in [-0.2, -0.15) is 0 Å². The zero-order valence-electron chi connectivity index (χ0n) is 11.2. The summed E-state index contributed by atoms with van der Waals surface area (Å²) in [5, 5.41) is 0. The summed E-state index contributed by atoms with van der Waals surface area (Å²) in [5.41, 5.74) is 2.50. The molecule has 0 aromatic heterocycles. The number of carbonyl (C=O) groups excluding carboxylic acids is 1. The summed E-state index contributed by atoms with van der Waals surface area (Å²) in [7, 11) is 1.94.